The van der Waals surface area contributed by atoms with Crippen molar-refractivity contribution < 1.29 is 14.6 Å². The zero-order valence-electron chi connectivity index (χ0n) is 12.4. The number of benzene rings is 1. The van der Waals surface area contributed by atoms with Crippen molar-refractivity contribution in [3.05, 3.63) is 29.8 Å². The molecule has 0 amide bonds. The van der Waals surface area contributed by atoms with Gasteiger partial charge >= 0.3 is 0 Å². The van der Waals surface area contributed by atoms with Gasteiger partial charge in [0, 0.05) is 13.2 Å². The first-order chi connectivity index (χ1) is 9.65. The van der Waals surface area contributed by atoms with Gasteiger partial charge in [-0.05, 0) is 43.9 Å². The summed E-state index contributed by atoms with van der Waals surface area (Å²) in [5, 5.41) is 13.0. The molecule has 1 aliphatic carbocycles. The number of rotatable bonds is 9. The molecular formula is C16H25NO3. The summed E-state index contributed by atoms with van der Waals surface area (Å²) in [4.78, 5) is 0. The second-order valence-electron chi connectivity index (χ2n) is 5.81. The predicted octanol–water partition coefficient (Wildman–Crippen LogP) is 1.76. The molecule has 4 heteroatoms. The van der Waals surface area contributed by atoms with E-state index in [1.807, 2.05) is 19.1 Å². The second-order valence-corrected chi connectivity index (χ2v) is 5.81. The van der Waals surface area contributed by atoms with Crippen LogP contribution in [-0.4, -0.2) is 43.6 Å². The van der Waals surface area contributed by atoms with Crippen LogP contribution in [0, 0.1) is 0 Å². The Bertz CT molecular complexity index is 403. The van der Waals surface area contributed by atoms with E-state index in [1.54, 1.807) is 7.11 Å². The van der Waals surface area contributed by atoms with Crippen LogP contribution in [0.5, 0.6) is 5.75 Å². The minimum absolute atomic E-state index is 0.0788. The van der Waals surface area contributed by atoms with Crippen molar-refractivity contribution in [2.45, 2.75) is 37.8 Å². The highest BCUT2D eigenvalue weighted by Crippen LogP contribution is 2.23. The van der Waals surface area contributed by atoms with Gasteiger partial charge < -0.3 is 19.9 Å². The lowest BCUT2D eigenvalue weighted by Crippen LogP contribution is -2.51. The Kier molecular flexibility index (Phi) is 5.40. The third kappa shape index (κ3) is 4.78. The Morgan fingerprint density at radius 3 is 2.55 bits per heavy atom. The molecule has 1 aromatic carbocycles. The van der Waals surface area contributed by atoms with Gasteiger partial charge in [-0.3, -0.25) is 0 Å². The van der Waals surface area contributed by atoms with Crippen LogP contribution in [0.3, 0.4) is 0 Å². The van der Waals surface area contributed by atoms with Crippen LogP contribution < -0.4 is 10.1 Å². The van der Waals surface area contributed by atoms with Gasteiger partial charge in [0.2, 0.25) is 0 Å². The lowest BCUT2D eigenvalue weighted by Gasteiger charge is -2.28. The van der Waals surface area contributed by atoms with Gasteiger partial charge in [-0.15, -0.1) is 0 Å². The van der Waals surface area contributed by atoms with E-state index in [-0.39, 0.29) is 12.1 Å². The molecule has 112 valence electrons. The molecular weight excluding hydrogens is 254 g/mol. The Hall–Kier alpha value is -1.10. The molecule has 20 heavy (non-hydrogen) atoms. The SMILES string of the molecule is COCCc1ccc(OCC(C)(CO)NC2CC2)cc1. The van der Waals surface area contributed by atoms with Gasteiger partial charge in [-0.1, -0.05) is 12.1 Å². The topological polar surface area (TPSA) is 50.7 Å². The van der Waals surface area contributed by atoms with Crippen molar-refractivity contribution in [3.8, 4) is 5.75 Å². The fraction of sp³-hybridized carbons (Fsp3) is 0.625. The molecule has 1 aromatic rings. The van der Waals surface area contributed by atoms with E-state index >= 15 is 0 Å². The van der Waals surface area contributed by atoms with Crippen molar-refractivity contribution in [2.75, 3.05) is 26.9 Å². The van der Waals surface area contributed by atoms with E-state index in [0.717, 1.165) is 18.8 Å². The summed E-state index contributed by atoms with van der Waals surface area (Å²) in [5.74, 6) is 0.837. The van der Waals surface area contributed by atoms with E-state index in [2.05, 4.69) is 17.4 Å². The standard InChI is InChI=1S/C16H25NO3/c1-16(11-18,17-14-5-6-14)12-20-15-7-3-13(4-8-15)9-10-19-2/h3-4,7-8,14,17-18H,5-6,9-12H2,1-2H3. The molecule has 0 radical (unpaired) electrons. The highest BCUT2D eigenvalue weighted by Gasteiger charge is 2.32. The zero-order chi connectivity index (χ0) is 14.4. The highest BCUT2D eigenvalue weighted by molar-refractivity contribution is 5.27. The number of nitrogens with one attached hydrogen (secondary N) is 1. The third-order valence-electron chi connectivity index (χ3n) is 3.55. The molecule has 0 saturated heterocycles. The fourth-order valence-corrected chi connectivity index (χ4v) is 2.07. The van der Waals surface area contributed by atoms with Crippen LogP contribution >= 0.6 is 0 Å². The van der Waals surface area contributed by atoms with E-state index < -0.39 is 0 Å². The van der Waals surface area contributed by atoms with Crippen molar-refractivity contribution >= 4 is 0 Å². The number of ether oxygens (including phenoxy) is 2. The summed E-state index contributed by atoms with van der Waals surface area (Å²) in [6.45, 7) is 3.28. The predicted molar refractivity (Wildman–Crippen MR) is 79.2 cm³/mol. The molecule has 0 aliphatic heterocycles. The number of methoxy groups -OCH3 is 1. The molecule has 4 nitrogen and oxygen atoms in total. The highest BCUT2D eigenvalue weighted by atomic mass is 16.5. The number of hydrogen-bond acceptors (Lipinski definition) is 4. The molecule has 0 spiro atoms. The Balaban J connectivity index is 1.82. The molecule has 1 aliphatic rings. The van der Waals surface area contributed by atoms with E-state index in [1.165, 1.54) is 18.4 Å². The van der Waals surface area contributed by atoms with Crippen LogP contribution in [0.4, 0.5) is 0 Å². The average molecular weight is 279 g/mol. The Morgan fingerprint density at radius 2 is 2.00 bits per heavy atom. The van der Waals surface area contributed by atoms with Crippen LogP contribution in [0.2, 0.25) is 0 Å². The largest absolute Gasteiger partial charge is 0.492 e. The number of aliphatic hydroxyl groups excluding tert-OH is 1. The lowest BCUT2D eigenvalue weighted by molar-refractivity contribution is 0.114. The molecule has 1 atom stereocenters. The lowest BCUT2D eigenvalue weighted by atomic mass is 10.1. The molecule has 1 saturated carbocycles. The van der Waals surface area contributed by atoms with Crippen LogP contribution in [0.25, 0.3) is 0 Å². The minimum atomic E-state index is -0.365. The normalized spacial score (nSPS) is 17.8. The molecule has 2 N–H and O–H groups in total. The summed E-state index contributed by atoms with van der Waals surface area (Å²) in [6, 6.07) is 8.60. The first-order valence-electron chi connectivity index (χ1n) is 7.24. The maximum absolute atomic E-state index is 9.52. The Labute approximate surface area is 121 Å². The maximum atomic E-state index is 9.52. The average Bonchev–Trinajstić information content (AvgIpc) is 3.28. The molecule has 1 unspecified atom stereocenters. The fourth-order valence-electron chi connectivity index (χ4n) is 2.07. The van der Waals surface area contributed by atoms with Gasteiger partial charge in [-0.2, -0.15) is 0 Å². The summed E-state index contributed by atoms with van der Waals surface area (Å²) in [7, 11) is 1.71. The summed E-state index contributed by atoms with van der Waals surface area (Å²) >= 11 is 0. The summed E-state index contributed by atoms with van der Waals surface area (Å²) < 4.78 is 10.9. The molecule has 0 bridgehead atoms. The van der Waals surface area contributed by atoms with Gasteiger partial charge in [0.25, 0.3) is 0 Å². The van der Waals surface area contributed by atoms with Crippen molar-refractivity contribution in [2.24, 2.45) is 0 Å². The van der Waals surface area contributed by atoms with Crippen molar-refractivity contribution in [3.63, 3.8) is 0 Å². The number of hydrogen-bond donors (Lipinski definition) is 2. The monoisotopic (exact) mass is 279 g/mol. The summed E-state index contributed by atoms with van der Waals surface area (Å²) in [5.41, 5.74) is 0.871. The molecule has 1 fully saturated rings. The number of aliphatic hydroxyl groups is 1. The second kappa shape index (κ2) is 7.07. The minimum Gasteiger partial charge on any atom is -0.492 e. The van der Waals surface area contributed by atoms with E-state index in [9.17, 15) is 5.11 Å². The first-order valence-corrected chi connectivity index (χ1v) is 7.24. The van der Waals surface area contributed by atoms with Gasteiger partial charge in [-0.25, -0.2) is 0 Å². The molecule has 0 heterocycles. The summed E-state index contributed by atoms with van der Waals surface area (Å²) in [6.07, 6.45) is 3.31. The smallest absolute Gasteiger partial charge is 0.119 e. The molecule has 2 rings (SSSR count). The van der Waals surface area contributed by atoms with Crippen molar-refractivity contribution in [1.29, 1.82) is 0 Å². The Morgan fingerprint density at radius 1 is 1.30 bits per heavy atom. The van der Waals surface area contributed by atoms with Crippen molar-refractivity contribution in [1.82, 2.24) is 5.32 Å². The van der Waals surface area contributed by atoms with Crippen LogP contribution in [-0.2, 0) is 11.2 Å². The molecule has 0 aromatic heterocycles. The first kappa shape index (κ1) is 15.3. The van der Waals surface area contributed by atoms with Gasteiger partial charge in [0.15, 0.2) is 0 Å². The van der Waals surface area contributed by atoms with Crippen LogP contribution in [0.1, 0.15) is 25.3 Å². The quantitative estimate of drug-likeness (QED) is 0.723. The van der Waals surface area contributed by atoms with Gasteiger partial charge in [0.05, 0.1) is 18.8 Å². The maximum Gasteiger partial charge on any atom is 0.119 e. The third-order valence-corrected chi connectivity index (χ3v) is 3.55. The van der Waals surface area contributed by atoms with Gasteiger partial charge in [0.1, 0.15) is 12.4 Å². The zero-order valence-corrected chi connectivity index (χ0v) is 12.4. The van der Waals surface area contributed by atoms with E-state index in [0.29, 0.717) is 12.6 Å². The van der Waals surface area contributed by atoms with Crippen LogP contribution in [0.15, 0.2) is 24.3 Å². The van der Waals surface area contributed by atoms with E-state index in [4.69, 9.17) is 9.47 Å².